The molecule has 0 atom stereocenters. The van der Waals surface area contributed by atoms with Crippen LogP contribution in [0, 0.1) is 10.1 Å². The maximum Gasteiger partial charge on any atom is 0.296 e. The van der Waals surface area contributed by atoms with Crippen molar-refractivity contribution in [2.75, 3.05) is 5.32 Å². The molecular weight excluding hydrogens is 252 g/mol. The zero-order valence-electron chi connectivity index (χ0n) is 9.90. The van der Waals surface area contributed by atoms with Crippen LogP contribution in [-0.2, 0) is 7.05 Å². The van der Waals surface area contributed by atoms with Gasteiger partial charge in [-0.2, -0.15) is 0 Å². The van der Waals surface area contributed by atoms with Gasteiger partial charge < -0.3 is 15.0 Å². The predicted octanol–water partition coefficient (Wildman–Crippen LogP) is 1.29. The van der Waals surface area contributed by atoms with Gasteiger partial charge in [-0.3, -0.25) is 14.9 Å². The maximum absolute atomic E-state index is 11.9. The number of hydrogen-bond acceptors (Lipinski definition) is 5. The van der Waals surface area contributed by atoms with E-state index >= 15 is 0 Å². The summed E-state index contributed by atoms with van der Waals surface area (Å²) < 4.78 is 1.46. The summed E-state index contributed by atoms with van der Waals surface area (Å²) in [5.74, 6) is -0.964. The number of para-hydroxylation sites is 1. The zero-order chi connectivity index (χ0) is 14.0. The molecule has 0 unspecified atom stereocenters. The van der Waals surface area contributed by atoms with Crippen molar-refractivity contribution in [1.82, 2.24) is 9.55 Å². The van der Waals surface area contributed by atoms with Crippen LogP contribution in [0.25, 0.3) is 0 Å². The van der Waals surface area contributed by atoms with Crippen molar-refractivity contribution in [3.8, 4) is 5.75 Å². The summed E-state index contributed by atoms with van der Waals surface area (Å²) in [7, 11) is 1.61. The van der Waals surface area contributed by atoms with E-state index in [1.807, 2.05) is 0 Å². The van der Waals surface area contributed by atoms with Crippen LogP contribution in [0.15, 0.2) is 30.7 Å². The third kappa shape index (κ3) is 2.37. The van der Waals surface area contributed by atoms with Crippen LogP contribution in [0.1, 0.15) is 10.5 Å². The summed E-state index contributed by atoms with van der Waals surface area (Å²) in [6, 6.07) is 3.78. The van der Waals surface area contributed by atoms with Gasteiger partial charge in [0.2, 0.25) is 0 Å². The number of nitrogens with zero attached hydrogens (tertiary/aromatic N) is 3. The highest BCUT2D eigenvalue weighted by molar-refractivity contribution is 6.05. The molecule has 19 heavy (non-hydrogen) atoms. The standard InChI is InChI=1S/C11H10N4O4/c1-14-6-12-5-8(14)11(17)13-10-7(15(18)19)3-2-4-9(10)16/h2-6,16H,1H3,(H,13,17). The van der Waals surface area contributed by atoms with Crippen LogP contribution >= 0.6 is 0 Å². The average Bonchev–Trinajstić information content (AvgIpc) is 2.77. The minimum Gasteiger partial charge on any atom is -0.505 e. The first kappa shape index (κ1) is 12.6. The van der Waals surface area contributed by atoms with E-state index in [0.717, 1.165) is 0 Å². The summed E-state index contributed by atoms with van der Waals surface area (Å²) in [6.07, 6.45) is 2.75. The molecule has 2 N–H and O–H groups in total. The topological polar surface area (TPSA) is 110 Å². The zero-order valence-corrected chi connectivity index (χ0v) is 9.90. The second-order valence-corrected chi connectivity index (χ2v) is 3.77. The Morgan fingerprint density at radius 2 is 2.26 bits per heavy atom. The van der Waals surface area contributed by atoms with Crippen molar-refractivity contribution >= 4 is 17.3 Å². The predicted molar refractivity (Wildman–Crippen MR) is 65.9 cm³/mol. The fourth-order valence-corrected chi connectivity index (χ4v) is 1.56. The summed E-state index contributed by atoms with van der Waals surface area (Å²) in [5.41, 5.74) is -0.397. The third-order valence-electron chi connectivity index (χ3n) is 2.51. The highest BCUT2D eigenvalue weighted by Gasteiger charge is 2.21. The normalized spacial score (nSPS) is 10.2. The number of nitro groups is 1. The van der Waals surface area contributed by atoms with E-state index < -0.39 is 10.8 Å². The molecule has 0 aliphatic rings. The van der Waals surface area contributed by atoms with Crippen LogP contribution in [0.5, 0.6) is 5.75 Å². The van der Waals surface area contributed by atoms with E-state index in [1.165, 1.54) is 35.3 Å². The summed E-state index contributed by atoms with van der Waals surface area (Å²) in [5, 5.41) is 22.8. The number of anilines is 1. The summed E-state index contributed by atoms with van der Waals surface area (Å²) in [6.45, 7) is 0. The molecule has 0 fully saturated rings. The molecule has 0 aliphatic heterocycles. The second kappa shape index (κ2) is 4.77. The number of nitrogens with one attached hydrogen (secondary N) is 1. The summed E-state index contributed by atoms with van der Waals surface area (Å²) in [4.78, 5) is 25.8. The Hall–Kier alpha value is -2.90. The monoisotopic (exact) mass is 262 g/mol. The number of benzene rings is 1. The maximum atomic E-state index is 11.9. The van der Waals surface area contributed by atoms with E-state index in [1.54, 1.807) is 7.05 Å². The number of phenolic OH excluding ortho intramolecular Hbond substituents is 1. The molecule has 1 heterocycles. The van der Waals surface area contributed by atoms with Crippen LogP contribution in [0.3, 0.4) is 0 Å². The van der Waals surface area contributed by atoms with Gasteiger partial charge in [0.15, 0.2) is 5.69 Å². The fourth-order valence-electron chi connectivity index (χ4n) is 1.56. The van der Waals surface area contributed by atoms with E-state index in [-0.39, 0.29) is 22.8 Å². The molecule has 2 aromatic rings. The van der Waals surface area contributed by atoms with Crippen LogP contribution in [0.4, 0.5) is 11.4 Å². The number of carbonyl (C=O) groups is 1. The number of amides is 1. The highest BCUT2D eigenvalue weighted by atomic mass is 16.6. The minimum absolute atomic E-state index is 0.220. The van der Waals surface area contributed by atoms with Gasteiger partial charge in [0.1, 0.15) is 11.4 Å². The average molecular weight is 262 g/mol. The van der Waals surface area contributed by atoms with E-state index in [4.69, 9.17) is 0 Å². The van der Waals surface area contributed by atoms with Crippen molar-refractivity contribution in [3.05, 3.63) is 46.5 Å². The number of aromatic nitrogens is 2. The highest BCUT2D eigenvalue weighted by Crippen LogP contribution is 2.33. The number of imidazole rings is 1. The lowest BCUT2D eigenvalue weighted by Gasteiger charge is -2.07. The fraction of sp³-hybridized carbons (Fsp3) is 0.0909. The molecule has 98 valence electrons. The van der Waals surface area contributed by atoms with Gasteiger partial charge in [0.25, 0.3) is 11.6 Å². The molecule has 0 saturated heterocycles. The Morgan fingerprint density at radius 3 is 2.84 bits per heavy atom. The van der Waals surface area contributed by atoms with Gasteiger partial charge in [-0.05, 0) is 6.07 Å². The van der Waals surface area contributed by atoms with Crippen molar-refractivity contribution in [3.63, 3.8) is 0 Å². The Morgan fingerprint density at radius 1 is 1.53 bits per heavy atom. The molecule has 0 radical (unpaired) electrons. The molecule has 1 amide bonds. The smallest absolute Gasteiger partial charge is 0.296 e. The molecule has 8 heteroatoms. The SMILES string of the molecule is Cn1cncc1C(=O)Nc1c(O)cccc1[N+](=O)[O-]. The van der Waals surface area contributed by atoms with Crippen molar-refractivity contribution in [2.24, 2.45) is 7.05 Å². The molecule has 0 saturated carbocycles. The van der Waals surface area contributed by atoms with Gasteiger partial charge in [-0.1, -0.05) is 6.07 Å². The van der Waals surface area contributed by atoms with Gasteiger partial charge in [-0.25, -0.2) is 4.98 Å². The van der Waals surface area contributed by atoms with E-state index in [0.29, 0.717) is 0 Å². The third-order valence-corrected chi connectivity index (χ3v) is 2.51. The number of phenols is 1. The first-order chi connectivity index (χ1) is 9.00. The van der Waals surface area contributed by atoms with E-state index in [9.17, 15) is 20.0 Å². The van der Waals surface area contributed by atoms with Crippen LogP contribution in [0.2, 0.25) is 0 Å². The number of aryl methyl sites for hydroxylation is 1. The second-order valence-electron chi connectivity index (χ2n) is 3.77. The lowest BCUT2D eigenvalue weighted by atomic mass is 10.2. The van der Waals surface area contributed by atoms with Crippen LogP contribution in [-0.4, -0.2) is 25.5 Å². The molecule has 2 rings (SSSR count). The molecule has 1 aromatic heterocycles. The van der Waals surface area contributed by atoms with E-state index in [2.05, 4.69) is 10.3 Å². The first-order valence-electron chi connectivity index (χ1n) is 5.24. The Bertz CT molecular complexity index is 650. The van der Waals surface area contributed by atoms with Gasteiger partial charge in [0, 0.05) is 13.1 Å². The first-order valence-corrected chi connectivity index (χ1v) is 5.24. The minimum atomic E-state index is -0.682. The number of carbonyl (C=O) groups excluding carboxylic acids is 1. The molecule has 0 spiro atoms. The lowest BCUT2D eigenvalue weighted by molar-refractivity contribution is -0.384. The summed E-state index contributed by atoms with van der Waals surface area (Å²) >= 11 is 0. The van der Waals surface area contributed by atoms with Crippen molar-refractivity contribution in [1.29, 1.82) is 0 Å². The molecular formula is C11H10N4O4. The number of rotatable bonds is 3. The quantitative estimate of drug-likeness (QED) is 0.492. The lowest BCUT2D eigenvalue weighted by Crippen LogP contribution is -2.16. The number of aromatic hydroxyl groups is 1. The molecule has 8 nitrogen and oxygen atoms in total. The molecule has 0 bridgehead atoms. The Labute approximate surface area is 107 Å². The molecule has 1 aromatic carbocycles. The number of hydrogen-bond donors (Lipinski definition) is 2. The van der Waals surface area contributed by atoms with Crippen molar-refractivity contribution < 1.29 is 14.8 Å². The largest absolute Gasteiger partial charge is 0.505 e. The van der Waals surface area contributed by atoms with Gasteiger partial charge in [-0.15, -0.1) is 0 Å². The Kier molecular flexibility index (Phi) is 3.15. The van der Waals surface area contributed by atoms with Gasteiger partial charge >= 0.3 is 0 Å². The van der Waals surface area contributed by atoms with Crippen molar-refractivity contribution in [2.45, 2.75) is 0 Å². The number of nitro benzene ring substituents is 1. The molecule has 0 aliphatic carbocycles. The Balaban J connectivity index is 2.36. The van der Waals surface area contributed by atoms with Crippen LogP contribution < -0.4 is 5.32 Å². The van der Waals surface area contributed by atoms with Gasteiger partial charge in [0.05, 0.1) is 17.4 Å².